The predicted molar refractivity (Wildman–Crippen MR) is 49.9 cm³/mol. The molecule has 12 heavy (non-hydrogen) atoms. The van der Waals surface area contributed by atoms with Crippen molar-refractivity contribution in [2.75, 3.05) is 7.11 Å². The van der Waals surface area contributed by atoms with Crippen molar-refractivity contribution < 1.29 is 4.74 Å². The van der Waals surface area contributed by atoms with Gasteiger partial charge in [0.1, 0.15) is 5.75 Å². The molecule has 0 aliphatic heterocycles. The summed E-state index contributed by atoms with van der Waals surface area (Å²) >= 11 is 5.94. The summed E-state index contributed by atoms with van der Waals surface area (Å²) < 4.78 is 5.13. The standard InChI is InChI=1S/C9H8ClNO/c1-12-8-5-11-9-6(8)3-2-4-7(9)10/h2-5,11H,1H3. The summed E-state index contributed by atoms with van der Waals surface area (Å²) in [5.74, 6) is 0.826. The highest BCUT2D eigenvalue weighted by atomic mass is 35.5. The fourth-order valence-corrected chi connectivity index (χ4v) is 1.49. The maximum Gasteiger partial charge on any atom is 0.144 e. The molecular formula is C9H8ClNO. The van der Waals surface area contributed by atoms with Crippen LogP contribution >= 0.6 is 11.6 Å². The van der Waals surface area contributed by atoms with Gasteiger partial charge in [-0.1, -0.05) is 17.7 Å². The zero-order valence-corrected chi connectivity index (χ0v) is 7.35. The lowest BCUT2D eigenvalue weighted by molar-refractivity contribution is 0.419. The molecule has 1 heterocycles. The second-order valence-corrected chi connectivity index (χ2v) is 2.93. The zero-order valence-electron chi connectivity index (χ0n) is 6.60. The number of H-pyrrole nitrogens is 1. The third-order valence-corrected chi connectivity index (χ3v) is 2.16. The Kier molecular flexibility index (Phi) is 1.70. The largest absolute Gasteiger partial charge is 0.495 e. The molecule has 2 nitrogen and oxygen atoms in total. The summed E-state index contributed by atoms with van der Waals surface area (Å²) in [4.78, 5) is 3.05. The number of benzene rings is 1. The Morgan fingerprint density at radius 1 is 1.42 bits per heavy atom. The minimum Gasteiger partial charge on any atom is -0.495 e. The molecule has 0 saturated carbocycles. The van der Waals surface area contributed by atoms with Gasteiger partial charge in [0.05, 0.1) is 17.6 Å². The Bertz CT molecular complexity index is 408. The van der Waals surface area contributed by atoms with Gasteiger partial charge in [-0.25, -0.2) is 0 Å². The van der Waals surface area contributed by atoms with E-state index in [0.717, 1.165) is 21.7 Å². The highest BCUT2D eigenvalue weighted by Crippen LogP contribution is 2.29. The summed E-state index contributed by atoms with van der Waals surface area (Å²) in [5, 5.41) is 1.74. The van der Waals surface area contributed by atoms with Crippen LogP contribution in [0.1, 0.15) is 0 Å². The Labute approximate surface area is 75.1 Å². The van der Waals surface area contributed by atoms with Gasteiger partial charge in [0.25, 0.3) is 0 Å². The van der Waals surface area contributed by atoms with Gasteiger partial charge in [-0.2, -0.15) is 0 Å². The van der Waals surface area contributed by atoms with E-state index in [4.69, 9.17) is 16.3 Å². The molecule has 2 rings (SSSR count). The van der Waals surface area contributed by atoms with E-state index in [1.807, 2.05) is 18.2 Å². The van der Waals surface area contributed by atoms with Crippen LogP contribution in [0.15, 0.2) is 24.4 Å². The van der Waals surface area contributed by atoms with E-state index in [2.05, 4.69) is 4.98 Å². The van der Waals surface area contributed by atoms with Crippen LogP contribution in [-0.4, -0.2) is 12.1 Å². The number of halogens is 1. The lowest BCUT2D eigenvalue weighted by atomic mass is 10.2. The van der Waals surface area contributed by atoms with Crippen LogP contribution in [-0.2, 0) is 0 Å². The number of methoxy groups -OCH3 is 1. The Balaban J connectivity index is 2.80. The number of para-hydroxylation sites is 1. The average molecular weight is 182 g/mol. The molecule has 0 fully saturated rings. The van der Waals surface area contributed by atoms with E-state index in [1.165, 1.54) is 0 Å². The molecule has 0 bridgehead atoms. The molecule has 0 unspecified atom stereocenters. The molecule has 0 radical (unpaired) electrons. The molecule has 0 aliphatic carbocycles. The van der Waals surface area contributed by atoms with E-state index in [-0.39, 0.29) is 0 Å². The van der Waals surface area contributed by atoms with Crippen molar-refractivity contribution in [2.24, 2.45) is 0 Å². The first-order valence-electron chi connectivity index (χ1n) is 3.62. The highest BCUT2D eigenvalue weighted by Gasteiger charge is 2.04. The SMILES string of the molecule is COc1c[nH]c2c(Cl)cccc12. The molecule has 1 aromatic carbocycles. The Hall–Kier alpha value is -1.15. The maximum absolute atomic E-state index is 5.94. The maximum atomic E-state index is 5.94. The normalized spacial score (nSPS) is 10.5. The van der Waals surface area contributed by atoms with E-state index >= 15 is 0 Å². The molecule has 0 spiro atoms. The van der Waals surface area contributed by atoms with E-state index < -0.39 is 0 Å². The van der Waals surface area contributed by atoms with Gasteiger partial charge in [0.15, 0.2) is 0 Å². The minimum absolute atomic E-state index is 0.718. The topological polar surface area (TPSA) is 25.0 Å². The van der Waals surface area contributed by atoms with Crippen LogP contribution in [0.4, 0.5) is 0 Å². The number of aromatic nitrogens is 1. The van der Waals surface area contributed by atoms with Crippen LogP contribution < -0.4 is 4.74 Å². The van der Waals surface area contributed by atoms with Gasteiger partial charge >= 0.3 is 0 Å². The third-order valence-electron chi connectivity index (χ3n) is 1.85. The summed E-state index contributed by atoms with van der Waals surface area (Å²) in [6.07, 6.45) is 1.80. The summed E-state index contributed by atoms with van der Waals surface area (Å²) in [5.41, 5.74) is 0.927. The first-order valence-corrected chi connectivity index (χ1v) is 4.00. The van der Waals surface area contributed by atoms with Crippen LogP contribution in [0.25, 0.3) is 10.9 Å². The number of ether oxygens (including phenoxy) is 1. The van der Waals surface area contributed by atoms with E-state index in [9.17, 15) is 0 Å². The van der Waals surface area contributed by atoms with Crippen molar-refractivity contribution in [3.05, 3.63) is 29.4 Å². The number of nitrogens with one attached hydrogen (secondary N) is 1. The smallest absolute Gasteiger partial charge is 0.144 e. The molecule has 0 amide bonds. The zero-order chi connectivity index (χ0) is 8.55. The summed E-state index contributed by atoms with van der Waals surface area (Å²) in [6.45, 7) is 0. The van der Waals surface area contributed by atoms with Crippen LogP contribution in [0.3, 0.4) is 0 Å². The lowest BCUT2D eigenvalue weighted by Crippen LogP contribution is -1.78. The molecule has 1 N–H and O–H groups in total. The van der Waals surface area contributed by atoms with Gasteiger partial charge in [0, 0.05) is 11.6 Å². The number of rotatable bonds is 1. The average Bonchev–Trinajstić information content (AvgIpc) is 2.49. The van der Waals surface area contributed by atoms with E-state index in [1.54, 1.807) is 13.3 Å². The van der Waals surface area contributed by atoms with Crippen LogP contribution in [0, 0.1) is 0 Å². The predicted octanol–water partition coefficient (Wildman–Crippen LogP) is 2.83. The quantitative estimate of drug-likeness (QED) is 0.719. The number of fused-ring (bicyclic) bond motifs is 1. The highest BCUT2D eigenvalue weighted by molar-refractivity contribution is 6.35. The van der Waals surface area contributed by atoms with Crippen molar-refractivity contribution in [3.63, 3.8) is 0 Å². The molecule has 62 valence electrons. The first-order chi connectivity index (χ1) is 5.83. The van der Waals surface area contributed by atoms with Crippen LogP contribution in [0.5, 0.6) is 5.75 Å². The number of hydrogen-bond acceptors (Lipinski definition) is 1. The van der Waals surface area contributed by atoms with Crippen molar-refractivity contribution in [1.29, 1.82) is 0 Å². The first kappa shape index (κ1) is 7.50. The van der Waals surface area contributed by atoms with Gasteiger partial charge in [-0.15, -0.1) is 0 Å². The van der Waals surface area contributed by atoms with Crippen molar-refractivity contribution >= 4 is 22.5 Å². The lowest BCUT2D eigenvalue weighted by Gasteiger charge is -1.95. The van der Waals surface area contributed by atoms with Gasteiger partial charge in [-0.3, -0.25) is 0 Å². The molecule has 3 heteroatoms. The van der Waals surface area contributed by atoms with Crippen LogP contribution in [0.2, 0.25) is 5.02 Å². The van der Waals surface area contributed by atoms with Crippen molar-refractivity contribution in [1.82, 2.24) is 4.98 Å². The second kappa shape index (κ2) is 2.72. The third kappa shape index (κ3) is 0.959. The summed E-state index contributed by atoms with van der Waals surface area (Å²) in [7, 11) is 1.64. The molecule has 0 atom stereocenters. The molecule has 2 aromatic rings. The molecule has 0 aliphatic rings. The fourth-order valence-electron chi connectivity index (χ4n) is 1.26. The minimum atomic E-state index is 0.718. The molecule has 1 aromatic heterocycles. The van der Waals surface area contributed by atoms with Crippen molar-refractivity contribution in [2.45, 2.75) is 0 Å². The molecule has 0 saturated heterocycles. The van der Waals surface area contributed by atoms with Gasteiger partial charge in [-0.05, 0) is 12.1 Å². The summed E-state index contributed by atoms with van der Waals surface area (Å²) in [6, 6.07) is 5.72. The fraction of sp³-hybridized carbons (Fsp3) is 0.111. The Morgan fingerprint density at radius 3 is 3.00 bits per heavy atom. The number of hydrogen-bond donors (Lipinski definition) is 1. The molecular weight excluding hydrogens is 174 g/mol. The van der Waals surface area contributed by atoms with Gasteiger partial charge < -0.3 is 9.72 Å². The number of aromatic amines is 1. The Morgan fingerprint density at radius 2 is 2.25 bits per heavy atom. The van der Waals surface area contributed by atoms with E-state index in [0.29, 0.717) is 0 Å². The van der Waals surface area contributed by atoms with Gasteiger partial charge in [0.2, 0.25) is 0 Å². The van der Waals surface area contributed by atoms with Crippen molar-refractivity contribution in [3.8, 4) is 5.75 Å². The second-order valence-electron chi connectivity index (χ2n) is 2.52. The monoisotopic (exact) mass is 181 g/mol.